The third-order valence-electron chi connectivity index (χ3n) is 13.4. The molecule has 1 aromatic rings. The summed E-state index contributed by atoms with van der Waals surface area (Å²) in [5.41, 5.74) is 0.941. The quantitative estimate of drug-likeness (QED) is 0.0649. The van der Waals surface area contributed by atoms with E-state index in [-0.39, 0.29) is 46.5 Å². The van der Waals surface area contributed by atoms with Gasteiger partial charge in [0.15, 0.2) is 30.7 Å². The second-order valence-electron chi connectivity index (χ2n) is 20.1. The van der Waals surface area contributed by atoms with Gasteiger partial charge in [-0.25, -0.2) is 0 Å². The van der Waals surface area contributed by atoms with Gasteiger partial charge in [0, 0.05) is 12.5 Å². The van der Waals surface area contributed by atoms with Gasteiger partial charge in [0.2, 0.25) is 0 Å². The molecule has 0 aromatic heterocycles. The van der Waals surface area contributed by atoms with Crippen molar-refractivity contribution in [2.24, 2.45) is 11.8 Å². The van der Waals surface area contributed by atoms with Gasteiger partial charge in [-0.1, -0.05) is 119 Å². The van der Waals surface area contributed by atoms with E-state index in [1.54, 1.807) is 7.11 Å². The Labute approximate surface area is 355 Å². The Balaban J connectivity index is 3.41. The minimum Gasteiger partial charge on any atom is -0.497 e. The number of carbonyl (C=O) groups is 1. The summed E-state index contributed by atoms with van der Waals surface area (Å²) < 4.78 is 32.9. The van der Waals surface area contributed by atoms with Gasteiger partial charge in [0.05, 0.1) is 25.9 Å². The first-order chi connectivity index (χ1) is 26.1. The minimum atomic E-state index is -2.17. The van der Waals surface area contributed by atoms with Crippen molar-refractivity contribution in [3.8, 4) is 5.75 Å². The van der Waals surface area contributed by atoms with Crippen molar-refractivity contribution in [3.63, 3.8) is 0 Å². The number of Topliss-reactive ketones (excluding diaryl/α,β-unsaturated/α-hetero) is 1. The lowest BCUT2D eigenvalue weighted by atomic mass is 9.88. The van der Waals surface area contributed by atoms with Crippen LogP contribution >= 0.6 is 0 Å². The zero-order valence-electron chi connectivity index (χ0n) is 40.2. The topological polar surface area (TPSA) is 63.2 Å². The number of hydrogen-bond acceptors (Lipinski definition) is 6. The van der Waals surface area contributed by atoms with Crippen molar-refractivity contribution in [3.05, 3.63) is 66.8 Å². The highest BCUT2D eigenvalue weighted by Crippen LogP contribution is 2.40. The molecule has 6 atom stereocenters. The molecule has 1 aromatic carbocycles. The van der Waals surface area contributed by atoms with Crippen molar-refractivity contribution in [1.29, 1.82) is 0 Å². The van der Waals surface area contributed by atoms with Crippen LogP contribution in [0.5, 0.6) is 5.75 Å². The van der Waals surface area contributed by atoms with Crippen LogP contribution in [0.4, 0.5) is 0 Å². The summed E-state index contributed by atoms with van der Waals surface area (Å²) in [6.45, 7) is 47.2. The van der Waals surface area contributed by atoms with E-state index in [0.29, 0.717) is 18.9 Å². The minimum absolute atomic E-state index is 0.0158. The number of methoxy groups -OCH3 is 1. The molecule has 9 heteroatoms. The molecule has 0 aliphatic rings. The fourth-order valence-corrected chi connectivity index (χ4v) is 12.6. The van der Waals surface area contributed by atoms with E-state index in [1.165, 1.54) is 0 Å². The lowest BCUT2D eigenvalue weighted by Gasteiger charge is -2.40. The summed E-state index contributed by atoms with van der Waals surface area (Å²) in [7, 11) is -4.44. The average molecular weight is 845 g/mol. The Hall–Kier alpha value is -1.60. The Morgan fingerprint density at radius 3 is 1.81 bits per heavy atom. The zero-order chi connectivity index (χ0) is 44.0. The molecule has 0 unspecified atom stereocenters. The maximum absolute atomic E-state index is 14.5. The molecular formula is C48H88O6Si3. The highest BCUT2D eigenvalue weighted by molar-refractivity contribution is 6.74. The fourth-order valence-electron chi connectivity index (χ4n) is 6.71. The van der Waals surface area contributed by atoms with Crippen molar-refractivity contribution >= 4 is 30.7 Å². The summed E-state index contributed by atoms with van der Waals surface area (Å²) in [6.07, 6.45) is 9.43. The summed E-state index contributed by atoms with van der Waals surface area (Å²) >= 11 is 0. The van der Waals surface area contributed by atoms with Crippen LogP contribution < -0.4 is 4.74 Å². The Morgan fingerprint density at radius 2 is 1.33 bits per heavy atom. The first-order valence-electron chi connectivity index (χ1n) is 21.9. The van der Waals surface area contributed by atoms with Crippen molar-refractivity contribution in [2.75, 3.05) is 7.11 Å². The highest BCUT2D eigenvalue weighted by Gasteiger charge is 2.43. The highest BCUT2D eigenvalue weighted by atomic mass is 28.4. The van der Waals surface area contributed by atoms with Crippen LogP contribution in [-0.2, 0) is 29.4 Å². The van der Waals surface area contributed by atoms with Gasteiger partial charge in [0.1, 0.15) is 11.4 Å². The molecule has 0 heterocycles. The predicted molar refractivity (Wildman–Crippen MR) is 253 cm³/mol. The van der Waals surface area contributed by atoms with Gasteiger partial charge < -0.3 is 22.8 Å². The number of hydrogen-bond donors (Lipinski definition) is 0. The molecular weight excluding hydrogens is 757 g/mol. The molecule has 0 saturated carbocycles. The first kappa shape index (κ1) is 53.4. The second-order valence-corrected chi connectivity index (χ2v) is 34.3. The van der Waals surface area contributed by atoms with E-state index < -0.39 is 30.6 Å². The van der Waals surface area contributed by atoms with Crippen LogP contribution in [0.25, 0.3) is 0 Å². The van der Waals surface area contributed by atoms with Gasteiger partial charge in [-0.15, -0.1) is 6.58 Å². The van der Waals surface area contributed by atoms with Gasteiger partial charge in [-0.05, 0) is 123 Å². The summed E-state index contributed by atoms with van der Waals surface area (Å²) in [5.74, 6) is 1.38. The van der Waals surface area contributed by atoms with Crippen molar-refractivity contribution in [1.82, 2.24) is 0 Å². The van der Waals surface area contributed by atoms with Gasteiger partial charge >= 0.3 is 0 Å². The van der Waals surface area contributed by atoms with Crippen LogP contribution in [0.2, 0.25) is 54.4 Å². The predicted octanol–water partition coefficient (Wildman–Crippen LogP) is 14.3. The van der Waals surface area contributed by atoms with Gasteiger partial charge in [0.25, 0.3) is 0 Å². The smallest absolute Gasteiger partial charge is 0.193 e. The number of carbonyl (C=O) groups excluding carboxylic acids is 1. The third-order valence-corrected chi connectivity index (χ3v) is 27.3. The normalized spacial score (nSPS) is 17.1. The summed E-state index contributed by atoms with van der Waals surface area (Å²) in [5, 5.41) is 0.224. The molecule has 0 radical (unpaired) electrons. The number of rotatable bonds is 27. The van der Waals surface area contributed by atoms with E-state index in [9.17, 15) is 4.79 Å². The largest absolute Gasteiger partial charge is 0.497 e. The van der Waals surface area contributed by atoms with Gasteiger partial charge in [-0.2, -0.15) is 0 Å². The zero-order valence-corrected chi connectivity index (χ0v) is 43.2. The summed E-state index contributed by atoms with van der Waals surface area (Å²) in [6, 6.07) is 11.0. The molecule has 0 N–H and O–H groups in total. The third kappa shape index (κ3) is 16.8. The Kier molecular flexibility index (Phi) is 21.4. The molecule has 0 aliphatic heterocycles. The standard InChI is InChI=1S/C48H88O6Si3/c1-21-26-43(53-56(19,20)47(12,13)14)33-37(5)34-45(49)48(15,54-57(22-2,23-3)24-4)32-25-27-38(6)44(51-36-41-28-30-42(50-16)31-29-41)35-39(7)40(8)52-55(17,18)46(9,10)11/h21,25,28-32,38-40,43-44H,1,5,22-24,26-27,33-36H2,2-4,6-20H3/b32-25+/t38-,39+,40+,43+,44+,48-/m1/s1. The monoisotopic (exact) mass is 845 g/mol. The molecule has 6 nitrogen and oxygen atoms in total. The van der Waals surface area contributed by atoms with Crippen LogP contribution in [0.15, 0.2) is 61.2 Å². The summed E-state index contributed by atoms with van der Waals surface area (Å²) in [4.78, 5) is 14.5. The fraction of sp³-hybridized carbons (Fsp3) is 0.729. The van der Waals surface area contributed by atoms with Crippen LogP contribution in [0, 0.1) is 11.8 Å². The average Bonchev–Trinajstić information content (AvgIpc) is 3.11. The van der Waals surface area contributed by atoms with Crippen LogP contribution in [-0.4, -0.2) is 61.8 Å². The maximum atomic E-state index is 14.5. The van der Waals surface area contributed by atoms with E-state index in [0.717, 1.165) is 54.3 Å². The molecule has 57 heavy (non-hydrogen) atoms. The molecule has 328 valence electrons. The molecule has 1 rings (SSSR count). The number of benzene rings is 1. The first-order valence-corrected chi connectivity index (χ1v) is 30.3. The SMILES string of the molecule is C=CC[C@@H](CC(=C)CC(=O)[C@@](C)(/C=C/C[C@@H](C)[C@H](C[C@H](C)[C@H](C)O[Si](C)(C)C(C)(C)C)OCc1ccc(OC)cc1)O[Si](CC)(CC)CC)O[Si](C)(C)C(C)(C)C. The lowest BCUT2D eigenvalue weighted by Crippen LogP contribution is -2.49. The van der Waals surface area contributed by atoms with Crippen LogP contribution in [0.3, 0.4) is 0 Å². The molecule has 0 aliphatic carbocycles. The van der Waals surface area contributed by atoms with E-state index >= 15 is 0 Å². The maximum Gasteiger partial charge on any atom is 0.193 e. The second kappa shape index (κ2) is 22.8. The number of ether oxygens (including phenoxy) is 2. The molecule has 0 amide bonds. The number of ketones is 1. The Bertz CT molecular complexity index is 1390. The lowest BCUT2D eigenvalue weighted by molar-refractivity contribution is -0.129. The molecule has 0 bridgehead atoms. The van der Waals surface area contributed by atoms with Crippen LogP contribution in [0.1, 0.15) is 128 Å². The van der Waals surface area contributed by atoms with E-state index in [2.05, 4.69) is 147 Å². The van der Waals surface area contributed by atoms with Gasteiger partial charge in [-0.3, -0.25) is 4.79 Å². The molecule has 0 saturated heterocycles. The van der Waals surface area contributed by atoms with E-state index in [1.807, 2.05) is 25.1 Å². The molecule has 0 fully saturated rings. The van der Waals surface area contributed by atoms with E-state index in [4.69, 9.17) is 22.8 Å². The number of allylic oxidation sites excluding steroid dienone is 1. The van der Waals surface area contributed by atoms with Crippen molar-refractivity contribution in [2.45, 2.75) is 207 Å². The van der Waals surface area contributed by atoms with Crippen molar-refractivity contribution < 1.29 is 27.5 Å². The molecule has 0 spiro atoms. The Morgan fingerprint density at radius 1 is 0.807 bits per heavy atom.